The van der Waals surface area contributed by atoms with Crippen molar-refractivity contribution in [2.45, 2.75) is 0 Å². The van der Waals surface area contributed by atoms with Gasteiger partial charge in [0.1, 0.15) is 22.3 Å². The molecule has 12 aromatic rings. The summed E-state index contributed by atoms with van der Waals surface area (Å²) in [4.78, 5) is 2.35. The molecular weight excluding hydrogens is 727 g/mol. The van der Waals surface area contributed by atoms with E-state index in [1.54, 1.807) is 0 Å². The second-order valence-corrected chi connectivity index (χ2v) is 15.9. The molecule has 0 amide bonds. The molecule has 9 aromatic carbocycles. The van der Waals surface area contributed by atoms with Crippen LogP contribution in [0, 0.1) is 0 Å². The van der Waals surface area contributed by atoms with Crippen LogP contribution in [0.1, 0.15) is 0 Å². The Labute approximate surface area is 338 Å². The van der Waals surface area contributed by atoms with E-state index < -0.39 is 0 Å². The first-order valence-corrected chi connectivity index (χ1v) is 20.4. The summed E-state index contributed by atoms with van der Waals surface area (Å²) in [6.07, 6.45) is 0. The molecule has 0 atom stereocenters. The fourth-order valence-electron chi connectivity index (χ4n) is 8.70. The van der Waals surface area contributed by atoms with Gasteiger partial charge >= 0.3 is 0 Å². The van der Waals surface area contributed by atoms with Gasteiger partial charge in [-0.25, -0.2) is 0 Å². The van der Waals surface area contributed by atoms with Gasteiger partial charge in [-0.15, -0.1) is 11.3 Å². The van der Waals surface area contributed by atoms with Gasteiger partial charge in [-0.1, -0.05) is 133 Å². The number of hydrogen-bond donors (Lipinski definition) is 0. The molecule has 0 saturated carbocycles. The summed E-state index contributed by atoms with van der Waals surface area (Å²) in [6.45, 7) is 0. The molecule has 0 saturated heterocycles. The Hall–Kier alpha value is -7.40. The first-order valence-electron chi connectivity index (χ1n) is 19.6. The van der Waals surface area contributed by atoms with E-state index in [2.05, 4.69) is 193 Å². The highest BCUT2D eigenvalue weighted by Gasteiger charge is 2.19. The van der Waals surface area contributed by atoms with Gasteiger partial charge in [0.25, 0.3) is 0 Å². The lowest BCUT2D eigenvalue weighted by atomic mass is 10.00. The molecular formula is C54H33NO2S. The van der Waals surface area contributed by atoms with Gasteiger partial charge in [0.15, 0.2) is 0 Å². The van der Waals surface area contributed by atoms with Crippen LogP contribution in [-0.2, 0) is 0 Å². The Balaban J connectivity index is 0.983. The van der Waals surface area contributed by atoms with Crippen molar-refractivity contribution in [1.82, 2.24) is 0 Å². The molecule has 0 bridgehead atoms. The van der Waals surface area contributed by atoms with Gasteiger partial charge in [0, 0.05) is 76.0 Å². The highest BCUT2D eigenvalue weighted by molar-refractivity contribution is 7.25. The minimum atomic E-state index is 0.857. The van der Waals surface area contributed by atoms with Crippen molar-refractivity contribution in [3.05, 3.63) is 200 Å². The monoisotopic (exact) mass is 759 g/mol. The lowest BCUT2D eigenvalue weighted by molar-refractivity contribution is 0.669. The summed E-state index contributed by atoms with van der Waals surface area (Å²) >= 11 is 1.84. The first kappa shape index (κ1) is 32.8. The molecule has 0 unspecified atom stereocenters. The minimum Gasteiger partial charge on any atom is -0.455 e. The van der Waals surface area contributed by atoms with Gasteiger partial charge in [0.05, 0.1) is 0 Å². The van der Waals surface area contributed by atoms with E-state index in [0.717, 1.165) is 94.3 Å². The molecule has 0 aliphatic heterocycles. The maximum atomic E-state index is 6.75. The van der Waals surface area contributed by atoms with Gasteiger partial charge < -0.3 is 13.7 Å². The van der Waals surface area contributed by atoms with Crippen molar-refractivity contribution in [3.8, 4) is 33.4 Å². The number of hydrogen-bond acceptors (Lipinski definition) is 4. The topological polar surface area (TPSA) is 29.5 Å². The molecule has 3 nitrogen and oxygen atoms in total. The van der Waals surface area contributed by atoms with Gasteiger partial charge in [-0.2, -0.15) is 0 Å². The molecule has 0 fully saturated rings. The van der Waals surface area contributed by atoms with Crippen molar-refractivity contribution >= 4 is 92.4 Å². The number of thiophene rings is 1. The van der Waals surface area contributed by atoms with Crippen molar-refractivity contribution < 1.29 is 8.83 Å². The molecule has 272 valence electrons. The minimum absolute atomic E-state index is 0.857. The number of para-hydroxylation sites is 2. The van der Waals surface area contributed by atoms with Crippen LogP contribution in [0.5, 0.6) is 0 Å². The van der Waals surface area contributed by atoms with E-state index in [1.807, 2.05) is 23.5 Å². The number of anilines is 3. The molecule has 0 aliphatic carbocycles. The summed E-state index contributed by atoms with van der Waals surface area (Å²) in [5, 5.41) is 6.98. The lowest BCUT2D eigenvalue weighted by Crippen LogP contribution is -2.09. The third kappa shape index (κ3) is 5.27. The van der Waals surface area contributed by atoms with Crippen molar-refractivity contribution in [2.75, 3.05) is 4.90 Å². The molecule has 3 aromatic heterocycles. The summed E-state index contributed by atoms with van der Waals surface area (Å²) < 4.78 is 15.8. The third-order valence-electron chi connectivity index (χ3n) is 11.5. The molecule has 12 rings (SSSR count). The molecule has 0 N–H and O–H groups in total. The zero-order valence-corrected chi connectivity index (χ0v) is 32.0. The third-order valence-corrected chi connectivity index (χ3v) is 12.6. The number of furan rings is 2. The van der Waals surface area contributed by atoms with Crippen molar-refractivity contribution in [3.63, 3.8) is 0 Å². The average molecular weight is 760 g/mol. The number of fused-ring (bicyclic) bond motifs is 9. The summed E-state index contributed by atoms with van der Waals surface area (Å²) in [5.41, 5.74) is 13.5. The van der Waals surface area contributed by atoms with Crippen LogP contribution in [0.2, 0.25) is 0 Å². The maximum Gasteiger partial charge on any atom is 0.143 e. The zero-order valence-electron chi connectivity index (χ0n) is 31.2. The van der Waals surface area contributed by atoms with Crippen LogP contribution in [-0.4, -0.2) is 0 Å². The Morgan fingerprint density at radius 1 is 0.310 bits per heavy atom. The van der Waals surface area contributed by atoms with Crippen molar-refractivity contribution in [1.29, 1.82) is 0 Å². The van der Waals surface area contributed by atoms with Gasteiger partial charge in [-0.05, 0) is 82.9 Å². The average Bonchev–Trinajstić information content (AvgIpc) is 3.98. The predicted octanol–water partition coefficient (Wildman–Crippen LogP) is 16.3. The SMILES string of the molecule is c1ccc(-c2cccc3c2oc2cc(N(c4ccc(-c5ccc6oc7c(-c8ccccc8)cccc7c6c5)cc4)c4ccc5sc6ccccc6c5c4)ccc23)cc1. The molecule has 4 heteroatoms. The maximum absolute atomic E-state index is 6.75. The Morgan fingerprint density at radius 2 is 0.879 bits per heavy atom. The number of benzene rings is 9. The Kier molecular flexibility index (Phi) is 7.40. The Bertz CT molecular complexity index is 3500. The van der Waals surface area contributed by atoms with Gasteiger partial charge in [-0.3, -0.25) is 0 Å². The number of nitrogens with zero attached hydrogens (tertiary/aromatic N) is 1. The van der Waals surface area contributed by atoms with E-state index in [1.165, 1.54) is 20.2 Å². The van der Waals surface area contributed by atoms with Gasteiger partial charge in [0.2, 0.25) is 0 Å². The highest BCUT2D eigenvalue weighted by atomic mass is 32.1. The quantitative estimate of drug-likeness (QED) is 0.169. The van der Waals surface area contributed by atoms with Crippen LogP contribution in [0.25, 0.3) is 97.4 Å². The van der Waals surface area contributed by atoms with E-state index in [-0.39, 0.29) is 0 Å². The van der Waals surface area contributed by atoms with Crippen LogP contribution in [0.15, 0.2) is 209 Å². The fraction of sp³-hybridized carbons (Fsp3) is 0. The molecule has 0 spiro atoms. The van der Waals surface area contributed by atoms with E-state index in [9.17, 15) is 0 Å². The van der Waals surface area contributed by atoms with Crippen molar-refractivity contribution in [2.24, 2.45) is 0 Å². The van der Waals surface area contributed by atoms with Crippen LogP contribution in [0.4, 0.5) is 17.1 Å². The number of rotatable bonds is 6. The van der Waals surface area contributed by atoms with Crippen LogP contribution < -0.4 is 4.90 Å². The standard InChI is InChI=1S/C54H33NO2S/c1-3-11-35(12-4-1)41-16-9-18-45-43-28-26-40(33-50(43)57-53(41)45)55(39-27-30-52-48(32-39)44-15-7-8-20-51(44)58-52)38-24-21-34(22-25-38)37-23-29-49-47(31-37)46-19-10-17-42(54(46)56-49)36-13-5-2-6-14-36/h1-33H. The summed E-state index contributed by atoms with van der Waals surface area (Å²) in [6, 6.07) is 71.3. The van der Waals surface area contributed by atoms with Crippen LogP contribution >= 0.6 is 11.3 Å². The largest absolute Gasteiger partial charge is 0.455 e. The second-order valence-electron chi connectivity index (χ2n) is 14.9. The lowest BCUT2D eigenvalue weighted by Gasteiger charge is -2.26. The Morgan fingerprint density at radius 3 is 1.62 bits per heavy atom. The molecule has 58 heavy (non-hydrogen) atoms. The summed E-state index contributed by atoms with van der Waals surface area (Å²) in [5.74, 6) is 0. The molecule has 3 heterocycles. The zero-order chi connectivity index (χ0) is 38.2. The summed E-state index contributed by atoms with van der Waals surface area (Å²) in [7, 11) is 0. The predicted molar refractivity (Wildman–Crippen MR) is 245 cm³/mol. The first-order chi connectivity index (χ1) is 28.7. The van der Waals surface area contributed by atoms with E-state index in [0.29, 0.717) is 0 Å². The van der Waals surface area contributed by atoms with E-state index >= 15 is 0 Å². The fourth-order valence-corrected chi connectivity index (χ4v) is 9.78. The second kappa shape index (κ2) is 13.1. The molecule has 0 radical (unpaired) electrons. The molecule has 0 aliphatic rings. The highest BCUT2D eigenvalue weighted by Crippen LogP contribution is 2.44. The van der Waals surface area contributed by atoms with Crippen LogP contribution in [0.3, 0.4) is 0 Å². The van der Waals surface area contributed by atoms with E-state index in [4.69, 9.17) is 8.83 Å². The smallest absolute Gasteiger partial charge is 0.143 e. The normalized spacial score (nSPS) is 11.8.